The van der Waals surface area contributed by atoms with Crippen molar-refractivity contribution in [2.75, 3.05) is 13.1 Å². The van der Waals surface area contributed by atoms with Crippen molar-refractivity contribution < 1.29 is 4.79 Å². The van der Waals surface area contributed by atoms with Gasteiger partial charge >= 0.3 is 0 Å². The van der Waals surface area contributed by atoms with E-state index < -0.39 is 0 Å². The lowest BCUT2D eigenvalue weighted by Gasteiger charge is -2.29. The van der Waals surface area contributed by atoms with Gasteiger partial charge in [0.05, 0.1) is 6.42 Å². The van der Waals surface area contributed by atoms with Crippen molar-refractivity contribution in [3.8, 4) is 0 Å². The highest BCUT2D eigenvalue weighted by molar-refractivity contribution is 5.79. The summed E-state index contributed by atoms with van der Waals surface area (Å²) in [5.41, 5.74) is 3.66. The van der Waals surface area contributed by atoms with Gasteiger partial charge in [0.1, 0.15) is 0 Å². The number of carbonyl (C=O) groups is 1. The number of benzene rings is 1. The van der Waals surface area contributed by atoms with Gasteiger partial charge in [-0.3, -0.25) is 4.79 Å². The maximum Gasteiger partial charge on any atom is 0.227 e. The van der Waals surface area contributed by atoms with E-state index in [1.807, 2.05) is 4.90 Å². The second kappa shape index (κ2) is 7.08. The summed E-state index contributed by atoms with van der Waals surface area (Å²) in [6.07, 6.45) is 2.91. The van der Waals surface area contributed by atoms with Crippen molar-refractivity contribution in [3.63, 3.8) is 0 Å². The van der Waals surface area contributed by atoms with Gasteiger partial charge in [0.2, 0.25) is 5.91 Å². The lowest BCUT2D eigenvalue weighted by atomic mass is 10.0. The first kappa shape index (κ1) is 16.0. The van der Waals surface area contributed by atoms with Crippen molar-refractivity contribution in [1.82, 2.24) is 10.2 Å². The van der Waals surface area contributed by atoms with Crippen molar-refractivity contribution in [3.05, 3.63) is 34.9 Å². The van der Waals surface area contributed by atoms with Crippen LogP contribution in [0.1, 0.15) is 43.4 Å². The third-order valence-electron chi connectivity index (χ3n) is 4.45. The van der Waals surface area contributed by atoms with Crippen LogP contribution in [0.3, 0.4) is 0 Å². The fourth-order valence-electron chi connectivity index (χ4n) is 2.94. The van der Waals surface area contributed by atoms with Crippen LogP contribution < -0.4 is 5.32 Å². The molecule has 0 bridgehead atoms. The Labute approximate surface area is 128 Å². The Morgan fingerprint density at radius 2 is 2.10 bits per heavy atom. The SMILES string of the molecule is Cc1ccc(CC(=O)N(CC2CCCN2)C(C)C)cc1C. The molecule has 3 heteroatoms. The van der Waals surface area contributed by atoms with E-state index in [4.69, 9.17) is 0 Å². The fourth-order valence-corrected chi connectivity index (χ4v) is 2.94. The summed E-state index contributed by atoms with van der Waals surface area (Å²) >= 11 is 0. The molecule has 0 aliphatic carbocycles. The molecule has 1 aromatic rings. The molecule has 1 heterocycles. The molecule has 116 valence electrons. The monoisotopic (exact) mass is 288 g/mol. The molecular weight excluding hydrogens is 260 g/mol. The van der Waals surface area contributed by atoms with Gasteiger partial charge in [0.25, 0.3) is 0 Å². The molecule has 1 aliphatic rings. The maximum absolute atomic E-state index is 12.6. The van der Waals surface area contributed by atoms with E-state index >= 15 is 0 Å². The number of hydrogen-bond donors (Lipinski definition) is 1. The Morgan fingerprint density at radius 1 is 1.33 bits per heavy atom. The Bertz CT molecular complexity index is 490. The molecule has 2 rings (SSSR count). The minimum Gasteiger partial charge on any atom is -0.338 e. The quantitative estimate of drug-likeness (QED) is 0.903. The maximum atomic E-state index is 12.6. The van der Waals surface area contributed by atoms with Crippen molar-refractivity contribution in [1.29, 1.82) is 0 Å². The van der Waals surface area contributed by atoms with Crippen LogP contribution in [-0.2, 0) is 11.2 Å². The first-order valence-corrected chi connectivity index (χ1v) is 8.06. The number of hydrogen-bond acceptors (Lipinski definition) is 2. The number of nitrogens with one attached hydrogen (secondary N) is 1. The topological polar surface area (TPSA) is 32.3 Å². The Balaban J connectivity index is 2.01. The summed E-state index contributed by atoms with van der Waals surface area (Å²) < 4.78 is 0. The summed E-state index contributed by atoms with van der Waals surface area (Å²) in [6, 6.07) is 7.05. The van der Waals surface area contributed by atoms with Crippen molar-refractivity contribution in [2.24, 2.45) is 0 Å². The van der Waals surface area contributed by atoms with Crippen LogP contribution in [0.15, 0.2) is 18.2 Å². The number of aryl methyl sites for hydroxylation is 2. The largest absolute Gasteiger partial charge is 0.338 e. The minimum atomic E-state index is 0.238. The lowest BCUT2D eigenvalue weighted by Crippen LogP contribution is -2.45. The molecule has 0 spiro atoms. The first-order chi connectivity index (χ1) is 9.97. The summed E-state index contributed by atoms with van der Waals surface area (Å²) in [4.78, 5) is 14.7. The lowest BCUT2D eigenvalue weighted by molar-refractivity contribution is -0.132. The number of nitrogens with zero attached hydrogens (tertiary/aromatic N) is 1. The normalized spacial score (nSPS) is 18.2. The molecular formula is C18H28N2O. The number of rotatable bonds is 5. The van der Waals surface area contributed by atoms with Crippen molar-refractivity contribution in [2.45, 2.75) is 59.0 Å². The van der Waals surface area contributed by atoms with E-state index in [0.717, 1.165) is 18.7 Å². The molecule has 1 saturated heterocycles. The van der Waals surface area contributed by atoms with Gasteiger partial charge < -0.3 is 10.2 Å². The van der Waals surface area contributed by atoms with Gasteiger partial charge in [-0.2, -0.15) is 0 Å². The predicted molar refractivity (Wildman–Crippen MR) is 87.5 cm³/mol. The van der Waals surface area contributed by atoms with Gasteiger partial charge in [-0.25, -0.2) is 0 Å². The van der Waals surface area contributed by atoms with E-state index in [1.165, 1.54) is 24.0 Å². The van der Waals surface area contributed by atoms with Crippen LogP contribution in [0, 0.1) is 13.8 Å². The van der Waals surface area contributed by atoms with Crippen LogP contribution in [0.5, 0.6) is 0 Å². The Morgan fingerprint density at radius 3 is 2.67 bits per heavy atom. The summed E-state index contributed by atoms with van der Waals surface area (Å²) in [5.74, 6) is 0.238. The van der Waals surface area contributed by atoms with Gasteiger partial charge in [0.15, 0.2) is 0 Å². The van der Waals surface area contributed by atoms with Crippen LogP contribution in [0.2, 0.25) is 0 Å². The summed E-state index contributed by atoms with van der Waals surface area (Å²) in [5, 5.41) is 3.48. The summed E-state index contributed by atoms with van der Waals surface area (Å²) in [7, 11) is 0. The van der Waals surface area contributed by atoms with Crippen LogP contribution in [-0.4, -0.2) is 36.0 Å². The van der Waals surface area contributed by atoms with Crippen LogP contribution in [0.25, 0.3) is 0 Å². The molecule has 1 atom stereocenters. The highest BCUT2D eigenvalue weighted by Gasteiger charge is 2.23. The van der Waals surface area contributed by atoms with E-state index in [0.29, 0.717) is 12.5 Å². The van der Waals surface area contributed by atoms with E-state index in [2.05, 4.69) is 51.2 Å². The molecule has 3 nitrogen and oxygen atoms in total. The second-order valence-corrected chi connectivity index (χ2v) is 6.53. The third kappa shape index (κ3) is 4.31. The zero-order valence-electron chi connectivity index (χ0n) is 13.8. The smallest absolute Gasteiger partial charge is 0.227 e. The molecule has 1 fully saturated rings. The average molecular weight is 288 g/mol. The standard InChI is InChI=1S/C18H28N2O/c1-13(2)20(12-17-6-5-9-19-17)18(21)11-16-8-7-14(3)15(4)10-16/h7-8,10,13,17,19H,5-6,9,11-12H2,1-4H3. The molecule has 0 radical (unpaired) electrons. The molecule has 1 aliphatic heterocycles. The zero-order valence-corrected chi connectivity index (χ0v) is 13.8. The van der Waals surface area contributed by atoms with E-state index in [-0.39, 0.29) is 11.9 Å². The fraction of sp³-hybridized carbons (Fsp3) is 0.611. The van der Waals surface area contributed by atoms with Gasteiger partial charge in [-0.05, 0) is 63.8 Å². The van der Waals surface area contributed by atoms with Gasteiger partial charge in [-0.1, -0.05) is 18.2 Å². The average Bonchev–Trinajstić information content (AvgIpc) is 2.93. The zero-order chi connectivity index (χ0) is 15.4. The minimum absolute atomic E-state index is 0.238. The molecule has 1 amide bonds. The molecule has 1 N–H and O–H groups in total. The number of carbonyl (C=O) groups excluding carboxylic acids is 1. The highest BCUT2D eigenvalue weighted by Crippen LogP contribution is 2.14. The van der Waals surface area contributed by atoms with E-state index in [1.54, 1.807) is 0 Å². The van der Waals surface area contributed by atoms with Crippen molar-refractivity contribution >= 4 is 5.91 Å². The molecule has 1 aromatic carbocycles. The van der Waals surface area contributed by atoms with Crippen LogP contribution >= 0.6 is 0 Å². The molecule has 1 unspecified atom stereocenters. The number of amides is 1. The van der Waals surface area contributed by atoms with E-state index in [9.17, 15) is 4.79 Å². The van der Waals surface area contributed by atoms with Crippen LogP contribution in [0.4, 0.5) is 0 Å². The highest BCUT2D eigenvalue weighted by atomic mass is 16.2. The Kier molecular flexibility index (Phi) is 5.40. The summed E-state index contributed by atoms with van der Waals surface area (Å²) in [6.45, 7) is 10.3. The van der Waals surface area contributed by atoms with Gasteiger partial charge in [-0.15, -0.1) is 0 Å². The predicted octanol–water partition coefficient (Wildman–Crippen LogP) is 2.83. The van der Waals surface area contributed by atoms with Gasteiger partial charge in [0, 0.05) is 18.6 Å². The molecule has 0 aromatic heterocycles. The molecule has 21 heavy (non-hydrogen) atoms. The first-order valence-electron chi connectivity index (χ1n) is 8.06. The Hall–Kier alpha value is -1.35. The third-order valence-corrected chi connectivity index (χ3v) is 4.45. The molecule has 0 saturated carbocycles. The second-order valence-electron chi connectivity index (χ2n) is 6.53.